The predicted molar refractivity (Wildman–Crippen MR) is 85.5 cm³/mol. The zero-order valence-corrected chi connectivity index (χ0v) is 13.1. The van der Waals surface area contributed by atoms with Gasteiger partial charge in [-0.05, 0) is 25.8 Å². The summed E-state index contributed by atoms with van der Waals surface area (Å²) in [6.45, 7) is 3.87. The van der Waals surface area contributed by atoms with E-state index in [2.05, 4.69) is 15.3 Å². The standard InChI is InChI=1S/C16H23N5O/c1-22-11-12-3-2-10-20(12)16-13-4-7-17-8-5-14(13)19-15-6-9-18-21(15)16/h6,9,12,17H,2-5,7-8,10-11H2,1H3/t12-/m0/s1. The quantitative estimate of drug-likeness (QED) is 0.918. The molecule has 1 saturated heterocycles. The lowest BCUT2D eigenvalue weighted by atomic mass is 10.1. The Morgan fingerprint density at radius 3 is 3.18 bits per heavy atom. The minimum atomic E-state index is 0.445. The molecule has 4 rings (SSSR count). The van der Waals surface area contributed by atoms with Gasteiger partial charge in [0.05, 0.1) is 24.5 Å². The first kappa shape index (κ1) is 14.0. The smallest absolute Gasteiger partial charge is 0.157 e. The molecule has 0 bridgehead atoms. The molecule has 2 aliphatic heterocycles. The van der Waals surface area contributed by atoms with Crippen LogP contribution in [0.5, 0.6) is 0 Å². The van der Waals surface area contributed by atoms with Crippen LogP contribution in [0.3, 0.4) is 0 Å². The molecule has 2 aliphatic rings. The number of nitrogens with one attached hydrogen (secondary N) is 1. The van der Waals surface area contributed by atoms with E-state index in [0.717, 1.165) is 44.7 Å². The number of hydrogen-bond donors (Lipinski definition) is 1. The number of rotatable bonds is 3. The molecular formula is C16H23N5O. The Morgan fingerprint density at radius 1 is 1.36 bits per heavy atom. The van der Waals surface area contributed by atoms with E-state index in [-0.39, 0.29) is 0 Å². The van der Waals surface area contributed by atoms with E-state index >= 15 is 0 Å². The molecule has 4 heterocycles. The largest absolute Gasteiger partial charge is 0.383 e. The zero-order valence-electron chi connectivity index (χ0n) is 13.1. The van der Waals surface area contributed by atoms with E-state index < -0.39 is 0 Å². The van der Waals surface area contributed by atoms with Crippen LogP contribution < -0.4 is 10.2 Å². The fourth-order valence-corrected chi connectivity index (χ4v) is 3.79. The molecule has 0 aliphatic carbocycles. The van der Waals surface area contributed by atoms with Gasteiger partial charge in [0.25, 0.3) is 0 Å². The summed E-state index contributed by atoms with van der Waals surface area (Å²) in [5.41, 5.74) is 3.55. The van der Waals surface area contributed by atoms with Gasteiger partial charge in [0, 0.05) is 38.2 Å². The van der Waals surface area contributed by atoms with E-state index in [1.807, 2.05) is 16.8 Å². The third kappa shape index (κ3) is 2.27. The first-order valence-electron chi connectivity index (χ1n) is 8.20. The number of hydrogen-bond acceptors (Lipinski definition) is 5. The van der Waals surface area contributed by atoms with Crippen molar-refractivity contribution in [1.82, 2.24) is 19.9 Å². The van der Waals surface area contributed by atoms with Crippen LogP contribution in [0.1, 0.15) is 24.1 Å². The molecule has 0 aromatic carbocycles. The summed E-state index contributed by atoms with van der Waals surface area (Å²) in [5.74, 6) is 1.24. The molecule has 22 heavy (non-hydrogen) atoms. The van der Waals surface area contributed by atoms with Crippen LogP contribution in [0.2, 0.25) is 0 Å². The lowest BCUT2D eigenvalue weighted by Crippen LogP contribution is -2.35. The summed E-state index contributed by atoms with van der Waals surface area (Å²) >= 11 is 0. The van der Waals surface area contributed by atoms with Gasteiger partial charge < -0.3 is 15.0 Å². The van der Waals surface area contributed by atoms with Crippen LogP contribution in [0.25, 0.3) is 5.65 Å². The number of aromatic nitrogens is 3. The van der Waals surface area contributed by atoms with Crippen LogP contribution in [0.15, 0.2) is 12.3 Å². The number of ether oxygens (including phenoxy) is 1. The van der Waals surface area contributed by atoms with Gasteiger partial charge in [-0.2, -0.15) is 9.61 Å². The van der Waals surface area contributed by atoms with Crippen LogP contribution in [0, 0.1) is 0 Å². The van der Waals surface area contributed by atoms with Crippen LogP contribution >= 0.6 is 0 Å². The Labute approximate surface area is 130 Å². The van der Waals surface area contributed by atoms with Crippen molar-refractivity contribution in [3.63, 3.8) is 0 Å². The maximum Gasteiger partial charge on any atom is 0.157 e. The number of anilines is 1. The predicted octanol–water partition coefficient (Wildman–Crippen LogP) is 1.03. The highest BCUT2D eigenvalue weighted by atomic mass is 16.5. The summed E-state index contributed by atoms with van der Waals surface area (Å²) in [4.78, 5) is 7.34. The zero-order chi connectivity index (χ0) is 14.9. The van der Waals surface area contributed by atoms with Crippen LogP contribution in [-0.2, 0) is 17.6 Å². The maximum absolute atomic E-state index is 5.44. The minimum absolute atomic E-state index is 0.445. The van der Waals surface area contributed by atoms with Gasteiger partial charge in [0.15, 0.2) is 5.65 Å². The summed E-state index contributed by atoms with van der Waals surface area (Å²) < 4.78 is 7.47. The van der Waals surface area contributed by atoms with Gasteiger partial charge in [-0.25, -0.2) is 4.98 Å². The van der Waals surface area contributed by atoms with E-state index in [0.29, 0.717) is 6.04 Å². The maximum atomic E-state index is 5.44. The van der Waals surface area contributed by atoms with E-state index in [1.54, 1.807) is 7.11 Å². The lowest BCUT2D eigenvalue weighted by molar-refractivity contribution is 0.180. The molecule has 2 aromatic rings. The molecule has 0 spiro atoms. The van der Waals surface area contributed by atoms with Crippen LogP contribution in [0.4, 0.5) is 5.82 Å². The van der Waals surface area contributed by atoms with E-state index in [1.165, 1.54) is 29.9 Å². The monoisotopic (exact) mass is 301 g/mol. The Balaban J connectivity index is 1.87. The summed E-state index contributed by atoms with van der Waals surface area (Å²) in [7, 11) is 1.79. The van der Waals surface area contributed by atoms with Crippen molar-refractivity contribution in [3.05, 3.63) is 23.5 Å². The third-order valence-electron chi connectivity index (χ3n) is 4.79. The Bertz CT molecular complexity index is 668. The molecular weight excluding hydrogens is 278 g/mol. The second kappa shape index (κ2) is 5.85. The molecule has 0 radical (unpaired) electrons. The average molecular weight is 301 g/mol. The number of nitrogens with zero attached hydrogens (tertiary/aromatic N) is 4. The first-order valence-corrected chi connectivity index (χ1v) is 8.20. The SMILES string of the molecule is COC[C@@H]1CCCN1c1c2c(nc3ccnn13)CCNCC2. The van der Waals surface area contributed by atoms with E-state index in [9.17, 15) is 0 Å². The van der Waals surface area contributed by atoms with Gasteiger partial charge in [-0.15, -0.1) is 0 Å². The van der Waals surface area contributed by atoms with E-state index in [4.69, 9.17) is 9.72 Å². The van der Waals surface area contributed by atoms with Gasteiger partial charge >= 0.3 is 0 Å². The summed E-state index contributed by atoms with van der Waals surface area (Å²) in [5, 5.41) is 8.03. The highest BCUT2D eigenvalue weighted by molar-refractivity contribution is 5.58. The number of methoxy groups -OCH3 is 1. The van der Waals surface area contributed by atoms with Gasteiger partial charge in [0.2, 0.25) is 0 Å². The highest BCUT2D eigenvalue weighted by Crippen LogP contribution is 2.31. The molecule has 1 atom stereocenters. The fraction of sp³-hybridized carbons (Fsp3) is 0.625. The molecule has 0 amide bonds. The lowest BCUT2D eigenvalue weighted by Gasteiger charge is -2.29. The van der Waals surface area contributed by atoms with Gasteiger partial charge in [0.1, 0.15) is 5.82 Å². The van der Waals surface area contributed by atoms with Crippen molar-refractivity contribution >= 4 is 11.5 Å². The van der Waals surface area contributed by atoms with Crippen molar-refractivity contribution in [3.8, 4) is 0 Å². The average Bonchev–Trinajstić information content (AvgIpc) is 3.10. The van der Waals surface area contributed by atoms with Crippen molar-refractivity contribution in [1.29, 1.82) is 0 Å². The third-order valence-corrected chi connectivity index (χ3v) is 4.79. The summed E-state index contributed by atoms with van der Waals surface area (Å²) in [6, 6.07) is 2.45. The second-order valence-electron chi connectivity index (χ2n) is 6.16. The highest BCUT2D eigenvalue weighted by Gasteiger charge is 2.30. The molecule has 6 heteroatoms. The van der Waals surface area contributed by atoms with Crippen molar-refractivity contribution < 1.29 is 4.74 Å². The van der Waals surface area contributed by atoms with Crippen LogP contribution in [-0.4, -0.2) is 54.0 Å². The topological polar surface area (TPSA) is 54.7 Å². The molecule has 6 nitrogen and oxygen atoms in total. The molecule has 118 valence electrons. The van der Waals surface area contributed by atoms with Crippen molar-refractivity contribution in [2.75, 3.05) is 38.3 Å². The van der Waals surface area contributed by atoms with Crippen molar-refractivity contribution in [2.45, 2.75) is 31.7 Å². The van der Waals surface area contributed by atoms with Crippen molar-refractivity contribution in [2.24, 2.45) is 0 Å². The Hall–Kier alpha value is -1.66. The van der Waals surface area contributed by atoms with Gasteiger partial charge in [-0.1, -0.05) is 0 Å². The second-order valence-corrected chi connectivity index (χ2v) is 6.16. The Morgan fingerprint density at radius 2 is 2.27 bits per heavy atom. The summed E-state index contributed by atoms with van der Waals surface area (Å²) in [6.07, 6.45) is 6.26. The Kier molecular flexibility index (Phi) is 3.72. The molecule has 1 fully saturated rings. The minimum Gasteiger partial charge on any atom is -0.383 e. The molecule has 2 aromatic heterocycles. The molecule has 0 saturated carbocycles. The molecule has 1 N–H and O–H groups in total. The normalized spacial score (nSPS) is 22.0. The number of fused-ring (bicyclic) bond motifs is 2. The first-order chi connectivity index (χ1) is 10.9. The van der Waals surface area contributed by atoms with Gasteiger partial charge in [-0.3, -0.25) is 0 Å². The fourth-order valence-electron chi connectivity index (χ4n) is 3.79. The molecule has 0 unspecified atom stereocenters.